The van der Waals surface area contributed by atoms with Gasteiger partial charge in [-0.2, -0.15) is 9.40 Å². The number of hydrogen-bond donors (Lipinski definition) is 2. The van der Waals surface area contributed by atoms with Gasteiger partial charge in [-0.1, -0.05) is 18.2 Å². The molecule has 0 radical (unpaired) electrons. The molecule has 2 N–H and O–H groups in total. The van der Waals surface area contributed by atoms with Crippen molar-refractivity contribution in [2.24, 2.45) is 0 Å². The Balaban J connectivity index is 1.70. The number of methoxy groups -OCH3 is 1. The van der Waals surface area contributed by atoms with Crippen molar-refractivity contribution in [1.29, 1.82) is 0 Å². The van der Waals surface area contributed by atoms with Gasteiger partial charge in [-0.15, -0.1) is 0 Å². The van der Waals surface area contributed by atoms with Crippen molar-refractivity contribution in [3.8, 4) is 17.0 Å². The Hall–Kier alpha value is -2.68. The van der Waals surface area contributed by atoms with Crippen molar-refractivity contribution >= 4 is 10.0 Å². The van der Waals surface area contributed by atoms with Crippen LogP contribution < -0.4 is 4.74 Å². The van der Waals surface area contributed by atoms with Crippen LogP contribution in [0, 0.1) is 0 Å². The van der Waals surface area contributed by atoms with Crippen LogP contribution in [0.2, 0.25) is 0 Å². The van der Waals surface area contributed by atoms with Crippen LogP contribution in [0.5, 0.6) is 5.75 Å². The SMILES string of the molecule is COc1ccc(-c2[nH]ncc2C[C@@H]2[C@H](O)c3ccccc3S(=O)(=O)N2C)cc1. The number of H-pyrrole nitrogens is 1. The predicted octanol–water partition coefficient (Wildman–Crippen LogP) is 2.36. The van der Waals surface area contributed by atoms with E-state index in [9.17, 15) is 13.5 Å². The van der Waals surface area contributed by atoms with Crippen LogP contribution in [0.4, 0.5) is 0 Å². The molecule has 4 rings (SSSR count). The Labute approximate surface area is 163 Å². The van der Waals surface area contributed by atoms with E-state index in [0.29, 0.717) is 12.0 Å². The average molecular weight is 399 g/mol. The van der Waals surface area contributed by atoms with Crippen molar-refractivity contribution in [2.75, 3.05) is 14.2 Å². The van der Waals surface area contributed by atoms with E-state index in [1.54, 1.807) is 31.5 Å². The highest BCUT2D eigenvalue weighted by Gasteiger charge is 2.41. The van der Waals surface area contributed by atoms with E-state index in [2.05, 4.69) is 10.2 Å². The summed E-state index contributed by atoms with van der Waals surface area (Å²) >= 11 is 0. The Bertz CT molecular complexity index is 1090. The lowest BCUT2D eigenvalue weighted by molar-refractivity contribution is 0.0892. The highest BCUT2D eigenvalue weighted by atomic mass is 32.2. The van der Waals surface area contributed by atoms with E-state index in [0.717, 1.165) is 22.6 Å². The van der Waals surface area contributed by atoms with E-state index in [1.807, 2.05) is 24.3 Å². The van der Waals surface area contributed by atoms with E-state index in [4.69, 9.17) is 4.74 Å². The summed E-state index contributed by atoms with van der Waals surface area (Å²) in [5.74, 6) is 0.745. The number of likely N-dealkylation sites (N-methyl/N-ethyl adjacent to an activating group) is 1. The lowest BCUT2D eigenvalue weighted by Gasteiger charge is -2.37. The minimum atomic E-state index is -3.67. The summed E-state index contributed by atoms with van der Waals surface area (Å²) in [6.07, 6.45) is 1.07. The van der Waals surface area contributed by atoms with Gasteiger partial charge in [0, 0.05) is 18.2 Å². The molecule has 1 aliphatic heterocycles. The van der Waals surface area contributed by atoms with Gasteiger partial charge in [0.2, 0.25) is 10.0 Å². The third-order valence-corrected chi connectivity index (χ3v) is 7.21. The maximum absolute atomic E-state index is 12.9. The standard InChI is InChI=1S/C20H21N3O4S/c1-23-17(20(24)16-5-3-4-6-18(16)28(23,25)26)11-14-12-21-22-19(14)13-7-9-15(27-2)10-8-13/h3-10,12,17,20,24H,11H2,1-2H3,(H,21,22)/t17-,20-/m1/s1. The number of hydrogen-bond acceptors (Lipinski definition) is 5. The van der Waals surface area contributed by atoms with Crippen molar-refractivity contribution in [2.45, 2.75) is 23.5 Å². The van der Waals surface area contributed by atoms with Gasteiger partial charge in [0.15, 0.2) is 0 Å². The molecule has 0 fully saturated rings. The third kappa shape index (κ3) is 2.99. The summed E-state index contributed by atoms with van der Waals surface area (Å²) in [6.45, 7) is 0. The number of nitrogens with one attached hydrogen (secondary N) is 1. The summed E-state index contributed by atoms with van der Waals surface area (Å²) in [6, 6.07) is 13.5. The van der Waals surface area contributed by atoms with Crippen LogP contribution in [0.15, 0.2) is 59.6 Å². The molecule has 146 valence electrons. The second-order valence-electron chi connectivity index (χ2n) is 6.77. The number of sulfonamides is 1. The van der Waals surface area contributed by atoms with Gasteiger partial charge in [0.05, 0.1) is 36.0 Å². The number of aliphatic hydroxyl groups is 1. The fraction of sp³-hybridized carbons (Fsp3) is 0.250. The fourth-order valence-corrected chi connectivity index (χ4v) is 5.23. The second-order valence-corrected chi connectivity index (χ2v) is 8.74. The molecule has 2 atom stereocenters. The van der Waals surface area contributed by atoms with Gasteiger partial charge < -0.3 is 9.84 Å². The Morgan fingerprint density at radius 2 is 1.89 bits per heavy atom. The smallest absolute Gasteiger partial charge is 0.243 e. The van der Waals surface area contributed by atoms with Crippen LogP contribution in [0.3, 0.4) is 0 Å². The molecule has 3 aromatic rings. The van der Waals surface area contributed by atoms with Crippen LogP contribution in [0.1, 0.15) is 17.2 Å². The molecule has 0 amide bonds. The Morgan fingerprint density at radius 1 is 1.18 bits per heavy atom. The van der Waals surface area contributed by atoms with Gasteiger partial charge in [-0.05, 0) is 42.3 Å². The highest BCUT2D eigenvalue weighted by molar-refractivity contribution is 7.89. The summed E-state index contributed by atoms with van der Waals surface area (Å²) in [5, 5.41) is 18.0. The molecule has 1 aromatic heterocycles. The molecule has 2 aromatic carbocycles. The molecule has 0 spiro atoms. The number of ether oxygens (including phenoxy) is 1. The van der Waals surface area contributed by atoms with Crippen LogP contribution >= 0.6 is 0 Å². The molecular formula is C20H21N3O4S. The molecule has 0 aliphatic carbocycles. The average Bonchev–Trinajstić information content (AvgIpc) is 3.18. The number of aromatic amines is 1. The first-order valence-electron chi connectivity index (χ1n) is 8.85. The molecular weight excluding hydrogens is 378 g/mol. The number of aliphatic hydroxyl groups excluding tert-OH is 1. The summed E-state index contributed by atoms with van der Waals surface area (Å²) in [7, 11) is -0.554. The largest absolute Gasteiger partial charge is 0.497 e. The number of nitrogens with zero attached hydrogens (tertiary/aromatic N) is 2. The van der Waals surface area contributed by atoms with Gasteiger partial charge in [-0.3, -0.25) is 5.10 Å². The van der Waals surface area contributed by atoms with Crippen molar-refractivity contribution in [1.82, 2.24) is 14.5 Å². The van der Waals surface area contributed by atoms with Crippen molar-refractivity contribution in [3.05, 3.63) is 65.9 Å². The highest BCUT2D eigenvalue weighted by Crippen LogP contribution is 2.38. The van der Waals surface area contributed by atoms with E-state index < -0.39 is 22.2 Å². The Morgan fingerprint density at radius 3 is 2.61 bits per heavy atom. The van der Waals surface area contributed by atoms with E-state index in [1.165, 1.54) is 17.4 Å². The number of rotatable bonds is 4. The number of aromatic nitrogens is 2. The topological polar surface area (TPSA) is 95.5 Å². The zero-order chi connectivity index (χ0) is 19.9. The van der Waals surface area contributed by atoms with Crippen LogP contribution in [-0.4, -0.2) is 48.2 Å². The summed E-state index contributed by atoms with van der Waals surface area (Å²) in [5.41, 5.74) is 2.96. The van der Waals surface area contributed by atoms with Gasteiger partial charge in [0.25, 0.3) is 0 Å². The zero-order valence-corrected chi connectivity index (χ0v) is 16.3. The monoisotopic (exact) mass is 399 g/mol. The molecule has 0 unspecified atom stereocenters. The molecule has 2 heterocycles. The van der Waals surface area contributed by atoms with Gasteiger partial charge >= 0.3 is 0 Å². The van der Waals surface area contributed by atoms with Gasteiger partial charge in [0.1, 0.15) is 5.75 Å². The normalized spacial score (nSPS) is 21.2. The first-order chi connectivity index (χ1) is 13.4. The van der Waals surface area contributed by atoms with Crippen molar-refractivity contribution in [3.63, 3.8) is 0 Å². The quantitative estimate of drug-likeness (QED) is 0.702. The summed E-state index contributed by atoms with van der Waals surface area (Å²) < 4.78 is 32.2. The molecule has 0 saturated carbocycles. The first kappa shape index (κ1) is 18.7. The maximum atomic E-state index is 12.9. The van der Waals surface area contributed by atoms with Crippen molar-refractivity contribution < 1.29 is 18.3 Å². The minimum absolute atomic E-state index is 0.156. The molecule has 0 bridgehead atoms. The second kappa shape index (κ2) is 7.05. The lowest BCUT2D eigenvalue weighted by atomic mass is 9.94. The number of benzene rings is 2. The fourth-order valence-electron chi connectivity index (χ4n) is 3.64. The molecule has 0 saturated heterocycles. The van der Waals surface area contributed by atoms with Crippen LogP contribution in [0.25, 0.3) is 11.3 Å². The summed E-state index contributed by atoms with van der Waals surface area (Å²) in [4.78, 5) is 0.156. The predicted molar refractivity (Wildman–Crippen MR) is 104 cm³/mol. The van der Waals surface area contributed by atoms with E-state index in [-0.39, 0.29) is 4.90 Å². The maximum Gasteiger partial charge on any atom is 0.243 e. The Kier molecular flexibility index (Phi) is 4.70. The molecule has 1 aliphatic rings. The third-order valence-electron chi connectivity index (χ3n) is 5.25. The van der Waals surface area contributed by atoms with Gasteiger partial charge in [-0.25, -0.2) is 8.42 Å². The molecule has 8 heteroatoms. The number of fused-ring (bicyclic) bond motifs is 1. The minimum Gasteiger partial charge on any atom is -0.497 e. The first-order valence-corrected chi connectivity index (χ1v) is 10.3. The molecule has 28 heavy (non-hydrogen) atoms. The molecule has 7 nitrogen and oxygen atoms in total. The van der Waals surface area contributed by atoms with Crippen LogP contribution in [-0.2, 0) is 16.4 Å². The zero-order valence-electron chi connectivity index (χ0n) is 15.5. The van der Waals surface area contributed by atoms with E-state index >= 15 is 0 Å². The lowest BCUT2D eigenvalue weighted by Crippen LogP contribution is -2.46.